The lowest BCUT2D eigenvalue weighted by Crippen LogP contribution is -2.55. The van der Waals surface area contributed by atoms with E-state index in [2.05, 4.69) is 4.90 Å². The van der Waals surface area contributed by atoms with Gasteiger partial charge in [0.05, 0.1) is 16.8 Å². The molecule has 0 bridgehead atoms. The van der Waals surface area contributed by atoms with E-state index in [0.717, 1.165) is 6.42 Å². The molecule has 0 aromatic rings. The first-order chi connectivity index (χ1) is 9.07. The predicted octanol–water partition coefficient (Wildman–Crippen LogP) is 1.04. The highest BCUT2D eigenvalue weighted by molar-refractivity contribution is 7.89. The normalized spacial score (nSPS) is 20.8. The van der Waals surface area contributed by atoms with E-state index in [0.29, 0.717) is 31.2 Å². The summed E-state index contributed by atoms with van der Waals surface area (Å²) in [6.07, 6.45) is 0.865. The summed E-state index contributed by atoms with van der Waals surface area (Å²) >= 11 is 5.08. The predicted molar refractivity (Wildman–Crippen MR) is 87.3 cm³/mol. The highest BCUT2D eigenvalue weighted by Gasteiger charge is 2.32. The molecule has 1 unspecified atom stereocenters. The van der Waals surface area contributed by atoms with Gasteiger partial charge >= 0.3 is 0 Å². The number of nitrogens with two attached hydrogens (primary N) is 1. The summed E-state index contributed by atoms with van der Waals surface area (Å²) in [5.74, 6) is 0.187. The van der Waals surface area contributed by atoms with Gasteiger partial charge in [-0.3, -0.25) is 4.90 Å². The Kier molecular flexibility index (Phi) is 5.95. The van der Waals surface area contributed by atoms with Crippen molar-refractivity contribution in [3.05, 3.63) is 0 Å². The van der Waals surface area contributed by atoms with E-state index in [-0.39, 0.29) is 17.2 Å². The van der Waals surface area contributed by atoms with Crippen LogP contribution in [0.25, 0.3) is 0 Å². The Labute approximate surface area is 128 Å². The monoisotopic (exact) mass is 321 g/mol. The number of sulfonamides is 1. The summed E-state index contributed by atoms with van der Waals surface area (Å²) in [5, 5.41) is 0. The number of piperazine rings is 1. The average Bonchev–Trinajstić information content (AvgIpc) is 2.27. The second-order valence-corrected chi connectivity index (χ2v) is 9.02. The van der Waals surface area contributed by atoms with Gasteiger partial charge in [0, 0.05) is 26.2 Å². The van der Waals surface area contributed by atoms with Crippen LogP contribution in [0.15, 0.2) is 0 Å². The molecular formula is C13H27N3O2S2. The van der Waals surface area contributed by atoms with E-state index in [1.54, 1.807) is 4.31 Å². The number of rotatable bonds is 5. The number of thiocarbonyl (C=S) groups is 1. The molecule has 2 N–H and O–H groups in total. The van der Waals surface area contributed by atoms with Crippen molar-refractivity contribution in [2.75, 3.05) is 31.9 Å². The summed E-state index contributed by atoms with van der Waals surface area (Å²) in [6.45, 7) is 10.3. The fourth-order valence-corrected chi connectivity index (χ4v) is 4.88. The molecule has 1 aliphatic heterocycles. The zero-order chi connectivity index (χ0) is 15.6. The maximum absolute atomic E-state index is 12.3. The minimum atomic E-state index is -3.17. The zero-order valence-corrected chi connectivity index (χ0v) is 14.6. The minimum Gasteiger partial charge on any atom is -0.392 e. The SMILES string of the molecule is CCC(C(N)=S)N1CCN(S(=O)(=O)CC(C)(C)C)CC1. The van der Waals surface area contributed by atoms with Crippen molar-refractivity contribution < 1.29 is 8.42 Å². The van der Waals surface area contributed by atoms with Crippen LogP contribution >= 0.6 is 12.2 Å². The molecular weight excluding hydrogens is 294 g/mol. The lowest BCUT2D eigenvalue weighted by atomic mass is 10.0. The average molecular weight is 322 g/mol. The molecule has 1 rings (SSSR count). The highest BCUT2D eigenvalue weighted by Crippen LogP contribution is 2.20. The molecule has 0 spiro atoms. The van der Waals surface area contributed by atoms with Crippen LogP contribution in [0.3, 0.4) is 0 Å². The molecule has 118 valence electrons. The largest absolute Gasteiger partial charge is 0.392 e. The first-order valence-corrected chi connectivity index (χ1v) is 9.10. The fourth-order valence-electron chi connectivity index (χ4n) is 2.57. The van der Waals surface area contributed by atoms with Gasteiger partial charge in [0.15, 0.2) is 0 Å². The molecule has 1 fully saturated rings. The third-order valence-electron chi connectivity index (χ3n) is 3.44. The molecule has 7 heteroatoms. The van der Waals surface area contributed by atoms with Gasteiger partial charge in [-0.1, -0.05) is 39.9 Å². The summed E-state index contributed by atoms with van der Waals surface area (Å²) in [7, 11) is -3.17. The molecule has 0 aromatic carbocycles. The molecule has 5 nitrogen and oxygen atoms in total. The Balaban J connectivity index is 2.64. The first-order valence-electron chi connectivity index (χ1n) is 7.08. The Morgan fingerprint density at radius 2 is 1.75 bits per heavy atom. The van der Waals surface area contributed by atoms with Crippen molar-refractivity contribution in [3.63, 3.8) is 0 Å². The summed E-state index contributed by atoms with van der Waals surface area (Å²) < 4.78 is 26.3. The maximum Gasteiger partial charge on any atom is 0.214 e. The van der Waals surface area contributed by atoms with Gasteiger partial charge in [0.1, 0.15) is 0 Å². The van der Waals surface area contributed by atoms with Gasteiger partial charge < -0.3 is 5.73 Å². The summed E-state index contributed by atoms with van der Waals surface area (Å²) in [5.41, 5.74) is 5.52. The van der Waals surface area contributed by atoms with Crippen LogP contribution in [-0.4, -0.2) is 60.6 Å². The molecule has 20 heavy (non-hydrogen) atoms. The molecule has 0 amide bonds. The number of hydrogen-bond acceptors (Lipinski definition) is 4. The second-order valence-electron chi connectivity index (χ2n) is 6.58. The number of hydrogen-bond donors (Lipinski definition) is 1. The van der Waals surface area contributed by atoms with Crippen LogP contribution in [-0.2, 0) is 10.0 Å². The molecule has 0 radical (unpaired) electrons. The highest BCUT2D eigenvalue weighted by atomic mass is 32.2. The fraction of sp³-hybridized carbons (Fsp3) is 0.923. The van der Waals surface area contributed by atoms with E-state index < -0.39 is 10.0 Å². The van der Waals surface area contributed by atoms with E-state index >= 15 is 0 Å². The second kappa shape index (κ2) is 6.68. The Hall–Kier alpha value is -0.240. The van der Waals surface area contributed by atoms with Crippen molar-refractivity contribution in [2.24, 2.45) is 11.1 Å². The summed E-state index contributed by atoms with van der Waals surface area (Å²) in [4.78, 5) is 2.68. The van der Waals surface area contributed by atoms with Gasteiger partial charge in [-0.15, -0.1) is 0 Å². The Morgan fingerprint density at radius 1 is 1.25 bits per heavy atom. The van der Waals surface area contributed by atoms with Gasteiger partial charge in [0.2, 0.25) is 10.0 Å². The molecule has 0 aliphatic carbocycles. The third kappa shape index (κ3) is 4.95. The summed E-state index contributed by atoms with van der Waals surface area (Å²) in [6, 6.07) is 0.0810. The Morgan fingerprint density at radius 3 is 2.10 bits per heavy atom. The van der Waals surface area contributed by atoms with Crippen molar-refractivity contribution in [3.8, 4) is 0 Å². The van der Waals surface area contributed by atoms with Gasteiger partial charge in [-0.2, -0.15) is 4.31 Å². The number of nitrogens with zero attached hydrogens (tertiary/aromatic N) is 2. The van der Waals surface area contributed by atoms with E-state index in [4.69, 9.17) is 18.0 Å². The van der Waals surface area contributed by atoms with Crippen LogP contribution in [0, 0.1) is 5.41 Å². The van der Waals surface area contributed by atoms with Crippen LogP contribution in [0.2, 0.25) is 0 Å². The van der Waals surface area contributed by atoms with Crippen molar-refractivity contribution in [1.29, 1.82) is 0 Å². The van der Waals surface area contributed by atoms with Crippen LogP contribution in [0.1, 0.15) is 34.1 Å². The standard InChI is InChI=1S/C13H27N3O2S2/c1-5-11(12(14)19)15-6-8-16(9-7-15)20(17,18)10-13(2,3)4/h11H,5-10H2,1-4H3,(H2,14,19). The van der Waals surface area contributed by atoms with Gasteiger partial charge in [-0.05, 0) is 11.8 Å². The van der Waals surface area contributed by atoms with E-state index in [1.165, 1.54) is 0 Å². The van der Waals surface area contributed by atoms with Gasteiger partial charge in [-0.25, -0.2) is 8.42 Å². The van der Waals surface area contributed by atoms with Crippen LogP contribution < -0.4 is 5.73 Å². The Bertz CT molecular complexity index is 435. The minimum absolute atomic E-state index is 0.0810. The van der Waals surface area contributed by atoms with E-state index in [9.17, 15) is 8.42 Å². The van der Waals surface area contributed by atoms with Crippen molar-refractivity contribution in [1.82, 2.24) is 9.21 Å². The quantitative estimate of drug-likeness (QED) is 0.767. The molecule has 0 aromatic heterocycles. The molecule has 1 heterocycles. The third-order valence-corrected chi connectivity index (χ3v) is 6.09. The molecule has 1 aliphatic rings. The molecule has 0 saturated carbocycles. The van der Waals surface area contributed by atoms with Crippen molar-refractivity contribution in [2.45, 2.75) is 40.2 Å². The topological polar surface area (TPSA) is 66.6 Å². The first kappa shape index (κ1) is 17.8. The molecule has 1 saturated heterocycles. The van der Waals surface area contributed by atoms with Crippen molar-refractivity contribution >= 4 is 27.2 Å². The smallest absolute Gasteiger partial charge is 0.214 e. The van der Waals surface area contributed by atoms with Gasteiger partial charge in [0.25, 0.3) is 0 Å². The molecule has 1 atom stereocenters. The van der Waals surface area contributed by atoms with E-state index in [1.807, 2.05) is 27.7 Å². The van der Waals surface area contributed by atoms with Crippen LogP contribution in [0.4, 0.5) is 0 Å². The maximum atomic E-state index is 12.3. The lowest BCUT2D eigenvalue weighted by molar-refractivity contribution is 0.164. The van der Waals surface area contributed by atoms with Crippen LogP contribution in [0.5, 0.6) is 0 Å². The lowest BCUT2D eigenvalue weighted by Gasteiger charge is -2.38. The zero-order valence-electron chi connectivity index (χ0n) is 12.9.